The normalized spacial score (nSPS) is 23.4. The van der Waals surface area contributed by atoms with Crippen molar-refractivity contribution in [1.82, 2.24) is 24.9 Å². The van der Waals surface area contributed by atoms with E-state index in [1.54, 1.807) is 28.8 Å². The van der Waals surface area contributed by atoms with Crippen LogP contribution in [0.4, 0.5) is 0 Å². The zero-order valence-corrected chi connectivity index (χ0v) is 13.8. The molecule has 128 valence electrons. The lowest BCUT2D eigenvalue weighted by Gasteiger charge is -2.19. The van der Waals surface area contributed by atoms with Gasteiger partial charge in [0.1, 0.15) is 11.8 Å². The van der Waals surface area contributed by atoms with Crippen LogP contribution in [0.5, 0.6) is 5.75 Å². The largest absolute Gasteiger partial charge is 0.482 e. The van der Waals surface area contributed by atoms with Crippen molar-refractivity contribution in [3.05, 3.63) is 29.8 Å². The van der Waals surface area contributed by atoms with Crippen molar-refractivity contribution in [1.29, 1.82) is 0 Å². The SMILES string of the molecule is Cn1cc(O[C@@H]2COC[C@@H]2NC(=O)c2cc(C3CC3)nn2C)cn1. The maximum absolute atomic E-state index is 12.6. The van der Waals surface area contributed by atoms with E-state index in [2.05, 4.69) is 15.5 Å². The number of amides is 1. The molecule has 24 heavy (non-hydrogen) atoms. The number of hydrogen-bond acceptors (Lipinski definition) is 5. The molecule has 2 atom stereocenters. The van der Waals surface area contributed by atoms with Gasteiger partial charge in [-0.15, -0.1) is 0 Å². The molecule has 0 radical (unpaired) electrons. The number of carbonyl (C=O) groups is 1. The minimum atomic E-state index is -0.228. The van der Waals surface area contributed by atoms with Crippen molar-refractivity contribution in [2.45, 2.75) is 30.9 Å². The Morgan fingerprint density at radius 3 is 2.92 bits per heavy atom. The Balaban J connectivity index is 1.42. The van der Waals surface area contributed by atoms with Gasteiger partial charge in [0.15, 0.2) is 5.75 Å². The zero-order chi connectivity index (χ0) is 16.7. The molecule has 1 saturated carbocycles. The number of aryl methyl sites for hydroxylation is 2. The van der Waals surface area contributed by atoms with Crippen LogP contribution in [-0.2, 0) is 18.8 Å². The second-order valence-electron chi connectivity index (χ2n) is 6.48. The molecule has 2 aromatic rings. The summed E-state index contributed by atoms with van der Waals surface area (Å²) in [7, 11) is 3.63. The van der Waals surface area contributed by atoms with Gasteiger partial charge >= 0.3 is 0 Å². The molecular weight excluding hydrogens is 310 g/mol. The number of aromatic nitrogens is 4. The van der Waals surface area contributed by atoms with E-state index < -0.39 is 0 Å². The molecule has 1 saturated heterocycles. The van der Waals surface area contributed by atoms with E-state index in [0.717, 1.165) is 18.5 Å². The van der Waals surface area contributed by atoms with Gasteiger partial charge in [-0.3, -0.25) is 14.2 Å². The Morgan fingerprint density at radius 1 is 1.38 bits per heavy atom. The number of rotatable bonds is 5. The highest BCUT2D eigenvalue weighted by atomic mass is 16.5. The Bertz CT molecular complexity index is 749. The lowest BCUT2D eigenvalue weighted by Crippen LogP contribution is -2.45. The average Bonchev–Trinajstić information content (AvgIpc) is 3.00. The van der Waals surface area contributed by atoms with Gasteiger partial charge in [0, 0.05) is 20.0 Å². The van der Waals surface area contributed by atoms with Crippen molar-refractivity contribution in [2.24, 2.45) is 14.1 Å². The van der Waals surface area contributed by atoms with Gasteiger partial charge < -0.3 is 14.8 Å². The second-order valence-corrected chi connectivity index (χ2v) is 6.48. The van der Waals surface area contributed by atoms with Crippen molar-refractivity contribution in [2.75, 3.05) is 13.2 Å². The molecule has 0 spiro atoms. The molecule has 1 N–H and O–H groups in total. The number of nitrogens with zero attached hydrogens (tertiary/aromatic N) is 4. The Labute approximate surface area is 139 Å². The lowest BCUT2D eigenvalue weighted by molar-refractivity contribution is 0.0894. The molecule has 0 aromatic carbocycles. The van der Waals surface area contributed by atoms with Crippen molar-refractivity contribution in [3.63, 3.8) is 0 Å². The molecule has 0 bridgehead atoms. The monoisotopic (exact) mass is 331 g/mol. The maximum Gasteiger partial charge on any atom is 0.269 e. The Morgan fingerprint density at radius 2 is 2.21 bits per heavy atom. The molecule has 1 amide bonds. The summed E-state index contributed by atoms with van der Waals surface area (Å²) in [6, 6.07) is 1.69. The van der Waals surface area contributed by atoms with Crippen LogP contribution in [0.2, 0.25) is 0 Å². The molecule has 0 unspecified atom stereocenters. The predicted molar refractivity (Wildman–Crippen MR) is 84.9 cm³/mol. The van der Waals surface area contributed by atoms with Crippen molar-refractivity contribution in [3.8, 4) is 5.75 Å². The molecular formula is C16H21N5O3. The fourth-order valence-electron chi connectivity index (χ4n) is 2.94. The Hall–Kier alpha value is -2.35. The quantitative estimate of drug-likeness (QED) is 0.868. The van der Waals surface area contributed by atoms with E-state index in [1.165, 1.54) is 0 Å². The van der Waals surface area contributed by atoms with Crippen LogP contribution in [0, 0.1) is 0 Å². The van der Waals surface area contributed by atoms with Crippen LogP contribution in [0.15, 0.2) is 18.5 Å². The topological polar surface area (TPSA) is 83.2 Å². The van der Waals surface area contributed by atoms with Crippen LogP contribution in [0.3, 0.4) is 0 Å². The maximum atomic E-state index is 12.6. The molecule has 8 nitrogen and oxygen atoms in total. The van der Waals surface area contributed by atoms with Gasteiger partial charge in [0.2, 0.25) is 0 Å². The third kappa shape index (κ3) is 3.01. The van der Waals surface area contributed by atoms with Crippen LogP contribution in [-0.4, -0.2) is 50.8 Å². The highest BCUT2D eigenvalue weighted by molar-refractivity contribution is 5.93. The molecule has 4 rings (SSSR count). The Kier molecular flexibility index (Phi) is 3.76. The van der Waals surface area contributed by atoms with Gasteiger partial charge in [-0.1, -0.05) is 0 Å². The van der Waals surface area contributed by atoms with E-state index in [1.807, 2.05) is 13.1 Å². The van der Waals surface area contributed by atoms with E-state index in [4.69, 9.17) is 9.47 Å². The molecule has 8 heteroatoms. The van der Waals surface area contributed by atoms with E-state index in [9.17, 15) is 4.79 Å². The average molecular weight is 331 g/mol. The summed E-state index contributed by atoms with van der Waals surface area (Å²) in [5, 5.41) is 11.5. The van der Waals surface area contributed by atoms with E-state index in [-0.39, 0.29) is 18.1 Å². The summed E-state index contributed by atoms with van der Waals surface area (Å²) in [6.07, 6.45) is 5.54. The van der Waals surface area contributed by atoms with E-state index in [0.29, 0.717) is 30.6 Å². The van der Waals surface area contributed by atoms with Crippen molar-refractivity contribution < 1.29 is 14.3 Å². The molecule has 2 fully saturated rings. The first-order valence-corrected chi connectivity index (χ1v) is 8.18. The smallest absolute Gasteiger partial charge is 0.269 e. The third-order valence-corrected chi connectivity index (χ3v) is 4.44. The summed E-state index contributed by atoms with van der Waals surface area (Å²) in [5.74, 6) is 1.05. The summed E-state index contributed by atoms with van der Waals surface area (Å²) in [4.78, 5) is 12.6. The van der Waals surface area contributed by atoms with Gasteiger partial charge in [0.25, 0.3) is 5.91 Å². The van der Waals surface area contributed by atoms with Gasteiger partial charge in [-0.05, 0) is 18.9 Å². The predicted octanol–water partition coefficient (Wildman–Crippen LogP) is 0.607. The summed E-state index contributed by atoms with van der Waals surface area (Å²) >= 11 is 0. The van der Waals surface area contributed by atoms with Gasteiger partial charge in [-0.25, -0.2) is 0 Å². The molecule has 1 aliphatic heterocycles. The first-order chi connectivity index (χ1) is 11.6. The zero-order valence-electron chi connectivity index (χ0n) is 13.8. The fourth-order valence-corrected chi connectivity index (χ4v) is 2.94. The van der Waals surface area contributed by atoms with Crippen LogP contribution >= 0.6 is 0 Å². The summed E-state index contributed by atoms with van der Waals surface area (Å²) < 4.78 is 14.7. The number of nitrogens with one attached hydrogen (secondary N) is 1. The van der Waals surface area contributed by atoms with Gasteiger partial charge in [-0.2, -0.15) is 10.2 Å². The summed E-state index contributed by atoms with van der Waals surface area (Å²) in [6.45, 7) is 0.878. The number of carbonyl (C=O) groups excluding carboxylic acids is 1. The van der Waals surface area contributed by atoms with E-state index >= 15 is 0 Å². The van der Waals surface area contributed by atoms with Crippen LogP contribution in [0.1, 0.15) is 34.9 Å². The first-order valence-electron chi connectivity index (χ1n) is 8.18. The number of ether oxygens (including phenoxy) is 2. The third-order valence-electron chi connectivity index (χ3n) is 4.44. The molecule has 2 aliphatic rings. The standard InChI is InChI=1S/C16H21N5O3/c1-20-7-11(6-17-20)24-15-9-23-8-13(15)18-16(22)14-5-12(10-3-4-10)19-21(14)2/h5-7,10,13,15H,3-4,8-9H2,1-2H3,(H,18,22)/t13-,15+/m0/s1. The first kappa shape index (κ1) is 15.2. The fraction of sp³-hybridized carbons (Fsp3) is 0.562. The second kappa shape index (κ2) is 5.94. The minimum absolute atomic E-state index is 0.146. The molecule has 2 aromatic heterocycles. The van der Waals surface area contributed by atoms with Gasteiger partial charge in [0.05, 0.1) is 37.3 Å². The highest BCUT2D eigenvalue weighted by Crippen LogP contribution is 2.39. The molecule has 3 heterocycles. The molecule has 1 aliphatic carbocycles. The van der Waals surface area contributed by atoms with Crippen LogP contribution in [0.25, 0.3) is 0 Å². The lowest BCUT2D eigenvalue weighted by atomic mass is 10.2. The minimum Gasteiger partial charge on any atom is -0.482 e. The van der Waals surface area contributed by atoms with Crippen molar-refractivity contribution >= 4 is 5.91 Å². The summed E-state index contributed by atoms with van der Waals surface area (Å²) in [5.41, 5.74) is 1.58. The highest BCUT2D eigenvalue weighted by Gasteiger charge is 2.33. The van der Waals surface area contributed by atoms with Crippen LogP contribution < -0.4 is 10.1 Å². The number of hydrogen-bond donors (Lipinski definition) is 1.